The van der Waals surface area contributed by atoms with E-state index in [0.717, 1.165) is 16.7 Å². The fourth-order valence-electron chi connectivity index (χ4n) is 3.61. The van der Waals surface area contributed by atoms with Gasteiger partial charge in [-0.25, -0.2) is 0 Å². The average molecular weight is 533 g/mol. The van der Waals surface area contributed by atoms with Crippen LogP contribution in [0.3, 0.4) is 0 Å². The van der Waals surface area contributed by atoms with Crippen LogP contribution in [0, 0.1) is 11.8 Å². The smallest absolute Gasteiger partial charge is 0.325 e. The van der Waals surface area contributed by atoms with Crippen molar-refractivity contribution >= 4 is 25.2 Å². The van der Waals surface area contributed by atoms with Gasteiger partial charge in [0, 0.05) is 19.0 Å². The van der Waals surface area contributed by atoms with Gasteiger partial charge in [-0.2, -0.15) is 0 Å². The number of hydrogen-bond donors (Lipinski definition) is 3. The standard InChI is InChI=1S/C27H37N2O7P/c1-17(2)27(35-20(5)30)36-37(34,19(4)28)16-24(25(31)29-18(3)26(32)33)15-21-11-13-23(14-12-21)22-9-7-6-8-10-22/h6-14,17-19,24,27H,15-16,28H2,1-5H3,(H,29,31)(H,32,33)/t18-,19?,24?,27?,37?/m0/s1. The van der Waals surface area contributed by atoms with Gasteiger partial charge in [0.15, 0.2) is 0 Å². The Morgan fingerprint density at radius 3 is 2.03 bits per heavy atom. The number of carbonyl (C=O) groups is 3. The second-order valence-corrected chi connectivity index (χ2v) is 12.4. The lowest BCUT2D eigenvalue weighted by Crippen LogP contribution is -2.44. The van der Waals surface area contributed by atoms with Gasteiger partial charge in [-0.05, 0) is 37.0 Å². The lowest BCUT2D eigenvalue weighted by Gasteiger charge is -2.31. The molecule has 37 heavy (non-hydrogen) atoms. The highest BCUT2D eigenvalue weighted by Crippen LogP contribution is 2.53. The van der Waals surface area contributed by atoms with E-state index in [0.29, 0.717) is 0 Å². The van der Waals surface area contributed by atoms with Crippen LogP contribution < -0.4 is 11.1 Å². The monoisotopic (exact) mass is 532 g/mol. The van der Waals surface area contributed by atoms with E-state index in [4.69, 9.17) is 15.0 Å². The van der Waals surface area contributed by atoms with E-state index in [9.17, 15) is 24.1 Å². The molecule has 0 saturated carbocycles. The molecule has 0 aliphatic rings. The Morgan fingerprint density at radius 1 is 0.973 bits per heavy atom. The largest absolute Gasteiger partial charge is 0.480 e. The van der Waals surface area contributed by atoms with E-state index in [1.807, 2.05) is 54.6 Å². The number of carboxylic acid groups (broad SMARTS) is 1. The van der Waals surface area contributed by atoms with Gasteiger partial charge in [0.05, 0.1) is 11.7 Å². The molecule has 0 fully saturated rings. The number of benzene rings is 2. The molecule has 2 aromatic rings. The predicted molar refractivity (Wildman–Crippen MR) is 142 cm³/mol. The van der Waals surface area contributed by atoms with Crippen molar-refractivity contribution in [3.05, 3.63) is 60.2 Å². The summed E-state index contributed by atoms with van der Waals surface area (Å²) in [5.41, 5.74) is 8.90. The van der Waals surface area contributed by atoms with Crippen molar-refractivity contribution in [1.82, 2.24) is 5.32 Å². The van der Waals surface area contributed by atoms with Gasteiger partial charge < -0.3 is 20.9 Å². The van der Waals surface area contributed by atoms with Crippen LogP contribution in [0.15, 0.2) is 54.6 Å². The Hall–Kier alpha value is -3.00. The Balaban J connectivity index is 2.35. The number of esters is 1. The molecule has 0 aliphatic carbocycles. The maximum Gasteiger partial charge on any atom is 0.325 e. The first-order valence-corrected chi connectivity index (χ1v) is 14.1. The second kappa shape index (κ2) is 13.5. The predicted octanol–water partition coefficient (Wildman–Crippen LogP) is 4.25. The Morgan fingerprint density at radius 2 is 1.54 bits per heavy atom. The van der Waals surface area contributed by atoms with Crippen molar-refractivity contribution in [3.63, 3.8) is 0 Å². The quantitative estimate of drug-likeness (QED) is 0.197. The van der Waals surface area contributed by atoms with Crippen molar-refractivity contribution < 1.29 is 33.3 Å². The number of nitrogens with two attached hydrogens (primary N) is 1. The van der Waals surface area contributed by atoms with Crippen LogP contribution in [0.25, 0.3) is 11.1 Å². The Kier molecular flexibility index (Phi) is 11.0. The summed E-state index contributed by atoms with van der Waals surface area (Å²) in [6.45, 7) is 7.56. The molecule has 4 N–H and O–H groups in total. The number of carbonyl (C=O) groups excluding carboxylic acids is 2. The van der Waals surface area contributed by atoms with Crippen molar-refractivity contribution in [2.24, 2.45) is 17.6 Å². The van der Waals surface area contributed by atoms with E-state index in [-0.39, 0.29) is 18.5 Å². The van der Waals surface area contributed by atoms with E-state index >= 15 is 0 Å². The summed E-state index contributed by atoms with van der Waals surface area (Å²) in [6.07, 6.45) is -1.19. The van der Waals surface area contributed by atoms with Gasteiger partial charge in [-0.1, -0.05) is 68.4 Å². The third-order valence-electron chi connectivity index (χ3n) is 5.85. The van der Waals surface area contributed by atoms with Crippen molar-refractivity contribution in [2.45, 2.75) is 59.2 Å². The lowest BCUT2D eigenvalue weighted by atomic mass is 9.97. The second-order valence-electron chi connectivity index (χ2n) is 9.51. The minimum Gasteiger partial charge on any atom is -0.480 e. The van der Waals surface area contributed by atoms with Crippen molar-refractivity contribution in [1.29, 1.82) is 0 Å². The summed E-state index contributed by atoms with van der Waals surface area (Å²) in [5, 5.41) is 11.7. The van der Waals surface area contributed by atoms with E-state index in [1.54, 1.807) is 13.8 Å². The zero-order valence-electron chi connectivity index (χ0n) is 21.9. The average Bonchev–Trinajstić information content (AvgIpc) is 2.83. The van der Waals surface area contributed by atoms with Gasteiger partial charge in [-0.15, -0.1) is 0 Å². The fraction of sp³-hybridized carbons (Fsp3) is 0.444. The summed E-state index contributed by atoms with van der Waals surface area (Å²) < 4.78 is 25.0. The number of hydrogen-bond acceptors (Lipinski definition) is 7. The summed E-state index contributed by atoms with van der Waals surface area (Å²) in [7, 11) is -3.74. The molecule has 9 nitrogen and oxygen atoms in total. The molecule has 0 saturated heterocycles. The molecule has 0 heterocycles. The first-order chi connectivity index (χ1) is 17.3. The molecule has 2 rings (SSSR count). The van der Waals surface area contributed by atoms with E-state index in [2.05, 4.69) is 5.32 Å². The number of aliphatic carboxylic acids is 1. The first-order valence-electron chi connectivity index (χ1n) is 12.2. The molecule has 2 aromatic carbocycles. The summed E-state index contributed by atoms with van der Waals surface area (Å²) in [6, 6.07) is 16.3. The summed E-state index contributed by atoms with van der Waals surface area (Å²) >= 11 is 0. The van der Waals surface area contributed by atoms with Crippen LogP contribution in [-0.4, -0.2) is 47.2 Å². The molecule has 0 radical (unpaired) electrons. The minimum absolute atomic E-state index is 0.174. The zero-order valence-corrected chi connectivity index (χ0v) is 22.8. The lowest BCUT2D eigenvalue weighted by molar-refractivity contribution is -0.166. The van der Waals surface area contributed by atoms with Gasteiger partial charge in [-0.3, -0.25) is 23.5 Å². The Labute approximate surface area is 218 Å². The SMILES string of the molecule is CC(=O)OC(OP(=O)(CC(Cc1ccc(-c2ccccc2)cc1)C(=O)N[C@@H](C)C(=O)O)C(C)N)C(C)C. The molecule has 0 bridgehead atoms. The van der Waals surface area contributed by atoms with Gasteiger partial charge in [0.2, 0.25) is 19.6 Å². The molecular formula is C27H37N2O7P. The normalized spacial score (nSPS) is 16.2. The fourth-order valence-corrected chi connectivity index (χ4v) is 5.77. The highest BCUT2D eigenvalue weighted by Gasteiger charge is 2.39. The topological polar surface area (TPSA) is 145 Å². The van der Waals surface area contributed by atoms with Gasteiger partial charge in [0.1, 0.15) is 6.04 Å². The number of ether oxygens (including phenoxy) is 1. The van der Waals surface area contributed by atoms with Crippen LogP contribution in [0.1, 0.15) is 40.2 Å². The van der Waals surface area contributed by atoms with Gasteiger partial charge >= 0.3 is 11.9 Å². The highest BCUT2D eigenvalue weighted by atomic mass is 31.2. The van der Waals surface area contributed by atoms with Crippen LogP contribution in [0.4, 0.5) is 0 Å². The molecule has 202 valence electrons. The number of nitrogens with one attached hydrogen (secondary N) is 1. The van der Waals surface area contributed by atoms with Crippen LogP contribution in [-0.2, 0) is 34.6 Å². The molecule has 10 heteroatoms. The van der Waals surface area contributed by atoms with E-state index < -0.39 is 49.2 Å². The maximum atomic E-state index is 13.9. The third-order valence-corrected chi connectivity index (χ3v) is 8.60. The molecular weight excluding hydrogens is 495 g/mol. The number of amides is 1. The molecule has 0 aromatic heterocycles. The maximum absolute atomic E-state index is 13.9. The summed E-state index contributed by atoms with van der Waals surface area (Å²) in [4.78, 5) is 36.1. The van der Waals surface area contributed by atoms with Crippen LogP contribution in [0.5, 0.6) is 0 Å². The van der Waals surface area contributed by atoms with Crippen LogP contribution >= 0.6 is 7.37 Å². The number of carboxylic acids is 1. The first kappa shape index (κ1) is 30.2. The summed E-state index contributed by atoms with van der Waals surface area (Å²) in [5.74, 6) is -4.57. The molecule has 0 aliphatic heterocycles. The van der Waals surface area contributed by atoms with Crippen molar-refractivity contribution in [3.8, 4) is 11.1 Å². The number of rotatable bonds is 13. The minimum atomic E-state index is -3.74. The third kappa shape index (κ3) is 9.11. The molecule has 4 unspecified atom stereocenters. The molecule has 5 atom stereocenters. The Bertz CT molecular complexity index is 1100. The van der Waals surface area contributed by atoms with E-state index in [1.165, 1.54) is 20.8 Å². The van der Waals surface area contributed by atoms with Gasteiger partial charge in [0.25, 0.3) is 0 Å². The molecule has 0 spiro atoms. The molecule has 1 amide bonds. The highest BCUT2D eigenvalue weighted by molar-refractivity contribution is 7.59. The van der Waals surface area contributed by atoms with Crippen molar-refractivity contribution in [2.75, 3.05) is 6.16 Å². The zero-order chi connectivity index (χ0) is 27.8. The van der Waals surface area contributed by atoms with Crippen LogP contribution in [0.2, 0.25) is 0 Å².